The van der Waals surface area contributed by atoms with Crippen molar-refractivity contribution in [3.05, 3.63) is 11.6 Å². The molecule has 1 N–H and O–H groups in total. The highest BCUT2D eigenvalue weighted by Gasteiger charge is 2.61. The number of nitriles is 4. The number of hydrogen-bond acceptors (Lipinski definition) is 5. The maximum atomic E-state index is 11.2. The lowest BCUT2D eigenvalue weighted by atomic mass is 9.52. The van der Waals surface area contributed by atoms with Gasteiger partial charge in [0, 0.05) is 18.8 Å². The van der Waals surface area contributed by atoms with Crippen molar-refractivity contribution in [1.29, 1.82) is 21.0 Å². The van der Waals surface area contributed by atoms with E-state index >= 15 is 0 Å². The van der Waals surface area contributed by atoms with Gasteiger partial charge in [0.05, 0.1) is 24.3 Å². The Kier molecular flexibility index (Phi) is 6.25. The van der Waals surface area contributed by atoms with E-state index in [-0.39, 0.29) is 18.8 Å². The van der Waals surface area contributed by atoms with Crippen LogP contribution >= 0.6 is 0 Å². The van der Waals surface area contributed by atoms with Crippen molar-refractivity contribution in [2.24, 2.45) is 28.6 Å². The molecule has 0 aromatic carbocycles. The molecule has 140 valence electrons. The lowest BCUT2D eigenvalue weighted by molar-refractivity contribution is -0.138. The molecule has 0 spiro atoms. The van der Waals surface area contributed by atoms with Crippen molar-refractivity contribution in [1.82, 2.24) is 0 Å². The molecule has 1 saturated carbocycles. The Bertz CT molecular complexity index is 759. The molecule has 0 bridgehead atoms. The van der Waals surface area contributed by atoms with E-state index < -0.39 is 22.7 Å². The standard InChI is InChI=1S/C21H24N4O2/c1-15-2-4-16(10-19(26)27)5-6-17-8-9-20(11-22,12-23)21(13-24,14-25)18(17)7-3-15/h8,15-16,18H,2-7,9-10H2,1H3,(H,26,27). The zero-order valence-corrected chi connectivity index (χ0v) is 15.6. The lowest BCUT2D eigenvalue weighted by Crippen LogP contribution is -2.47. The molecule has 0 amide bonds. The molecule has 6 heteroatoms. The maximum absolute atomic E-state index is 11.2. The molecule has 0 radical (unpaired) electrons. The third kappa shape index (κ3) is 3.67. The Morgan fingerprint density at radius 3 is 2.26 bits per heavy atom. The average Bonchev–Trinajstić information content (AvgIpc) is 2.67. The summed E-state index contributed by atoms with van der Waals surface area (Å²) in [6.07, 6.45) is 6.44. The Balaban J connectivity index is 2.46. The van der Waals surface area contributed by atoms with Gasteiger partial charge in [-0.05, 0) is 37.5 Å². The number of rotatable bonds is 2. The molecule has 3 atom stereocenters. The number of carbonyl (C=O) groups is 1. The van der Waals surface area contributed by atoms with Gasteiger partial charge < -0.3 is 5.11 Å². The van der Waals surface area contributed by atoms with Gasteiger partial charge in [-0.25, -0.2) is 0 Å². The van der Waals surface area contributed by atoms with Gasteiger partial charge in [-0.3, -0.25) is 4.79 Å². The van der Waals surface area contributed by atoms with Crippen molar-refractivity contribution >= 4 is 5.97 Å². The highest BCUT2D eigenvalue weighted by atomic mass is 16.4. The molecule has 2 rings (SSSR count). The van der Waals surface area contributed by atoms with E-state index in [2.05, 4.69) is 19.1 Å². The third-order valence-electron chi connectivity index (χ3n) is 6.37. The van der Waals surface area contributed by atoms with Crippen LogP contribution in [0.3, 0.4) is 0 Å². The predicted octanol–water partition coefficient (Wildman–Crippen LogP) is 4.08. The molecule has 0 heterocycles. The molecule has 2 aliphatic rings. The molecular weight excluding hydrogens is 340 g/mol. The summed E-state index contributed by atoms with van der Waals surface area (Å²) in [6, 6.07) is 8.07. The summed E-state index contributed by atoms with van der Waals surface area (Å²) in [7, 11) is 0. The first-order valence-corrected chi connectivity index (χ1v) is 9.43. The number of aliphatic carboxylic acids is 1. The number of nitrogens with zero attached hydrogens (tertiary/aromatic N) is 4. The number of carboxylic acid groups (broad SMARTS) is 1. The summed E-state index contributed by atoms with van der Waals surface area (Å²) in [5, 5.41) is 48.4. The molecule has 6 nitrogen and oxygen atoms in total. The van der Waals surface area contributed by atoms with E-state index in [4.69, 9.17) is 0 Å². The molecule has 3 unspecified atom stereocenters. The fraction of sp³-hybridized carbons (Fsp3) is 0.667. The second kappa shape index (κ2) is 8.24. The first-order chi connectivity index (χ1) is 12.9. The molecule has 0 aromatic rings. The topological polar surface area (TPSA) is 132 Å². The van der Waals surface area contributed by atoms with Gasteiger partial charge in [-0.2, -0.15) is 21.0 Å². The second-order valence-corrected chi connectivity index (χ2v) is 7.96. The molecule has 27 heavy (non-hydrogen) atoms. The summed E-state index contributed by atoms with van der Waals surface area (Å²) in [4.78, 5) is 11.2. The summed E-state index contributed by atoms with van der Waals surface area (Å²) in [6.45, 7) is 2.09. The average molecular weight is 364 g/mol. The van der Waals surface area contributed by atoms with Crippen LogP contribution in [-0.4, -0.2) is 11.1 Å². The number of carboxylic acids is 1. The normalized spacial score (nSPS) is 29.4. The summed E-state index contributed by atoms with van der Waals surface area (Å²) < 4.78 is 0. The van der Waals surface area contributed by atoms with E-state index in [0.29, 0.717) is 25.2 Å². The van der Waals surface area contributed by atoms with Crippen molar-refractivity contribution in [3.8, 4) is 24.3 Å². The molecular formula is C21H24N4O2. The van der Waals surface area contributed by atoms with Crippen LogP contribution in [0.2, 0.25) is 0 Å². The van der Waals surface area contributed by atoms with Crippen LogP contribution in [0.5, 0.6) is 0 Å². The van der Waals surface area contributed by atoms with Crippen LogP contribution in [0.15, 0.2) is 11.6 Å². The van der Waals surface area contributed by atoms with Crippen LogP contribution in [0.1, 0.15) is 58.3 Å². The van der Waals surface area contributed by atoms with Crippen LogP contribution in [0, 0.1) is 73.9 Å². The number of allylic oxidation sites excluding steroid dienone is 2. The fourth-order valence-corrected chi connectivity index (χ4v) is 4.59. The van der Waals surface area contributed by atoms with E-state index in [1.807, 2.05) is 18.2 Å². The zero-order valence-electron chi connectivity index (χ0n) is 15.6. The predicted molar refractivity (Wildman–Crippen MR) is 96.1 cm³/mol. The van der Waals surface area contributed by atoms with Crippen LogP contribution < -0.4 is 0 Å². The van der Waals surface area contributed by atoms with Gasteiger partial charge in [-0.1, -0.05) is 31.4 Å². The third-order valence-corrected chi connectivity index (χ3v) is 6.37. The Morgan fingerprint density at radius 2 is 1.70 bits per heavy atom. The first kappa shape index (κ1) is 20.5. The van der Waals surface area contributed by atoms with Gasteiger partial charge in [0.15, 0.2) is 10.8 Å². The zero-order chi connectivity index (χ0) is 20.1. The Labute approximate surface area is 160 Å². The van der Waals surface area contributed by atoms with Gasteiger partial charge in [0.25, 0.3) is 0 Å². The summed E-state index contributed by atoms with van der Waals surface area (Å²) >= 11 is 0. The van der Waals surface area contributed by atoms with Crippen molar-refractivity contribution in [2.45, 2.75) is 58.3 Å². The minimum atomic E-state index is -1.69. The van der Waals surface area contributed by atoms with Gasteiger partial charge in [0.2, 0.25) is 0 Å². The largest absolute Gasteiger partial charge is 0.481 e. The number of fused-ring (bicyclic) bond motifs is 1. The van der Waals surface area contributed by atoms with E-state index in [1.54, 1.807) is 0 Å². The Morgan fingerprint density at radius 1 is 1.07 bits per heavy atom. The highest BCUT2D eigenvalue weighted by molar-refractivity contribution is 5.67. The van der Waals surface area contributed by atoms with Crippen LogP contribution in [0.4, 0.5) is 0 Å². The molecule has 0 saturated heterocycles. The van der Waals surface area contributed by atoms with Gasteiger partial charge in [0.1, 0.15) is 0 Å². The number of hydrogen-bond donors (Lipinski definition) is 1. The van der Waals surface area contributed by atoms with Gasteiger partial charge >= 0.3 is 5.97 Å². The Hall–Kier alpha value is -2.83. The second-order valence-electron chi connectivity index (χ2n) is 7.96. The molecule has 2 aliphatic carbocycles. The molecule has 1 fully saturated rings. The summed E-state index contributed by atoms with van der Waals surface area (Å²) in [5.41, 5.74) is -2.43. The van der Waals surface area contributed by atoms with E-state index in [1.165, 1.54) is 0 Å². The van der Waals surface area contributed by atoms with Crippen molar-refractivity contribution in [3.63, 3.8) is 0 Å². The van der Waals surface area contributed by atoms with Crippen LogP contribution in [0.25, 0.3) is 0 Å². The maximum Gasteiger partial charge on any atom is 0.303 e. The van der Waals surface area contributed by atoms with Gasteiger partial charge in [-0.15, -0.1) is 0 Å². The fourth-order valence-electron chi connectivity index (χ4n) is 4.59. The lowest BCUT2D eigenvalue weighted by Gasteiger charge is -2.43. The molecule has 0 aromatic heterocycles. The van der Waals surface area contributed by atoms with Crippen molar-refractivity contribution < 1.29 is 9.90 Å². The first-order valence-electron chi connectivity index (χ1n) is 9.43. The van der Waals surface area contributed by atoms with E-state index in [0.717, 1.165) is 24.8 Å². The SMILES string of the molecule is CC1CCC(CC(=O)O)CCC2=CCC(C#N)(C#N)C(C#N)(C#N)C2CC1. The summed E-state index contributed by atoms with van der Waals surface area (Å²) in [5.74, 6) is -0.889. The minimum absolute atomic E-state index is 0.0572. The van der Waals surface area contributed by atoms with E-state index in [9.17, 15) is 30.9 Å². The van der Waals surface area contributed by atoms with Crippen LogP contribution in [-0.2, 0) is 4.79 Å². The molecule has 0 aliphatic heterocycles. The quantitative estimate of drug-likeness (QED) is 0.734. The smallest absolute Gasteiger partial charge is 0.303 e. The minimum Gasteiger partial charge on any atom is -0.481 e. The van der Waals surface area contributed by atoms with Crippen molar-refractivity contribution in [2.75, 3.05) is 0 Å². The highest BCUT2D eigenvalue weighted by Crippen LogP contribution is 2.55. The monoisotopic (exact) mass is 364 g/mol.